The van der Waals surface area contributed by atoms with Crippen LogP contribution in [-0.4, -0.2) is 6.10 Å². The molecule has 0 amide bonds. The molecule has 0 atom stereocenters. The molecule has 0 saturated heterocycles. The molecule has 0 aromatic carbocycles. The van der Waals surface area contributed by atoms with Crippen LogP contribution in [-0.2, 0) is 4.74 Å². The fraction of sp³-hybridized carbons (Fsp3) is 0.600. The highest BCUT2D eigenvalue weighted by Crippen LogP contribution is 1.94. The van der Waals surface area contributed by atoms with E-state index in [9.17, 15) is 0 Å². The summed E-state index contributed by atoms with van der Waals surface area (Å²) >= 11 is 0. The standard InChI is InChI=1S/C5H13N3O/c1-3(2)9-5(8)4(6)7/h3H,6-8H2,1-2H3. The number of ether oxygens (including phenoxy) is 1. The van der Waals surface area contributed by atoms with Gasteiger partial charge in [-0.2, -0.15) is 0 Å². The molecule has 0 rings (SSSR count). The number of rotatable bonds is 2. The summed E-state index contributed by atoms with van der Waals surface area (Å²) in [6.07, 6.45) is 0.0205. The monoisotopic (exact) mass is 131 g/mol. The quantitative estimate of drug-likeness (QED) is 0.437. The van der Waals surface area contributed by atoms with Crippen LogP contribution in [0.3, 0.4) is 0 Å². The summed E-state index contributed by atoms with van der Waals surface area (Å²) in [6.45, 7) is 3.69. The maximum absolute atomic E-state index is 5.22. The molecule has 4 nitrogen and oxygen atoms in total. The summed E-state index contributed by atoms with van der Waals surface area (Å²) in [6, 6.07) is 0. The van der Waals surface area contributed by atoms with Crippen molar-refractivity contribution in [2.45, 2.75) is 20.0 Å². The van der Waals surface area contributed by atoms with Crippen molar-refractivity contribution < 1.29 is 4.74 Å². The van der Waals surface area contributed by atoms with Gasteiger partial charge in [0.15, 0.2) is 5.82 Å². The minimum atomic E-state index is 0.0205. The second kappa shape index (κ2) is 3.06. The lowest BCUT2D eigenvalue weighted by atomic mass is 10.5. The third-order valence-electron chi connectivity index (χ3n) is 0.647. The van der Waals surface area contributed by atoms with E-state index in [4.69, 9.17) is 21.9 Å². The first-order valence-electron chi connectivity index (χ1n) is 2.71. The molecule has 0 aromatic heterocycles. The number of hydrogen-bond donors (Lipinski definition) is 3. The second-order valence-corrected chi connectivity index (χ2v) is 1.99. The van der Waals surface area contributed by atoms with Gasteiger partial charge >= 0.3 is 0 Å². The van der Waals surface area contributed by atoms with Gasteiger partial charge in [-0.3, -0.25) is 0 Å². The van der Waals surface area contributed by atoms with Crippen molar-refractivity contribution >= 4 is 0 Å². The van der Waals surface area contributed by atoms with Crippen LogP contribution in [0, 0.1) is 0 Å². The van der Waals surface area contributed by atoms with E-state index < -0.39 is 0 Å². The molecule has 0 spiro atoms. The molecule has 54 valence electrons. The lowest BCUT2D eigenvalue weighted by Gasteiger charge is -2.09. The largest absolute Gasteiger partial charge is 0.474 e. The third kappa shape index (κ3) is 3.52. The summed E-state index contributed by atoms with van der Waals surface area (Å²) in [4.78, 5) is 0. The molecular weight excluding hydrogens is 118 g/mol. The normalized spacial score (nSPS) is 9.22. The average Bonchev–Trinajstić information content (AvgIpc) is 1.63. The predicted octanol–water partition coefficient (Wildman–Crippen LogP) is -0.586. The maximum Gasteiger partial charge on any atom is 0.225 e. The Balaban J connectivity index is 3.77. The van der Waals surface area contributed by atoms with Crippen molar-refractivity contribution in [2.75, 3.05) is 0 Å². The molecule has 0 saturated carbocycles. The van der Waals surface area contributed by atoms with E-state index in [-0.39, 0.29) is 17.8 Å². The first-order valence-corrected chi connectivity index (χ1v) is 2.71. The van der Waals surface area contributed by atoms with Gasteiger partial charge in [0.1, 0.15) is 0 Å². The van der Waals surface area contributed by atoms with Crippen LogP contribution in [0.25, 0.3) is 0 Å². The van der Waals surface area contributed by atoms with Crippen LogP contribution in [0.4, 0.5) is 0 Å². The van der Waals surface area contributed by atoms with Crippen molar-refractivity contribution in [1.29, 1.82) is 0 Å². The van der Waals surface area contributed by atoms with Crippen LogP contribution in [0.1, 0.15) is 13.8 Å². The SMILES string of the molecule is CC(C)OC(N)=C(N)N. The smallest absolute Gasteiger partial charge is 0.225 e. The molecule has 0 aliphatic rings. The highest BCUT2D eigenvalue weighted by Gasteiger charge is 1.97. The molecule has 0 aliphatic carbocycles. The molecular formula is C5H13N3O. The van der Waals surface area contributed by atoms with Crippen LogP contribution in [0.2, 0.25) is 0 Å². The van der Waals surface area contributed by atoms with Crippen molar-refractivity contribution in [2.24, 2.45) is 17.2 Å². The Bertz CT molecular complexity index is 115. The van der Waals surface area contributed by atoms with E-state index in [1.807, 2.05) is 13.8 Å². The minimum Gasteiger partial charge on any atom is -0.474 e. The molecule has 9 heavy (non-hydrogen) atoms. The van der Waals surface area contributed by atoms with Crippen molar-refractivity contribution in [3.8, 4) is 0 Å². The first-order chi connectivity index (χ1) is 4.04. The van der Waals surface area contributed by atoms with Crippen LogP contribution in [0.15, 0.2) is 11.7 Å². The van der Waals surface area contributed by atoms with Gasteiger partial charge in [0, 0.05) is 0 Å². The Hall–Kier alpha value is -1.06. The summed E-state index contributed by atoms with van der Waals surface area (Å²) in [5.41, 5.74) is 15.4. The summed E-state index contributed by atoms with van der Waals surface area (Å²) in [5, 5.41) is 0. The van der Waals surface area contributed by atoms with E-state index in [1.165, 1.54) is 0 Å². The Morgan fingerprint density at radius 1 is 1.22 bits per heavy atom. The second-order valence-electron chi connectivity index (χ2n) is 1.99. The zero-order valence-electron chi connectivity index (χ0n) is 5.72. The molecule has 0 unspecified atom stereocenters. The maximum atomic E-state index is 5.22. The summed E-state index contributed by atoms with van der Waals surface area (Å²) < 4.78 is 4.92. The zero-order valence-corrected chi connectivity index (χ0v) is 5.72. The van der Waals surface area contributed by atoms with Gasteiger partial charge in [0.2, 0.25) is 5.88 Å². The predicted molar refractivity (Wildman–Crippen MR) is 35.8 cm³/mol. The van der Waals surface area contributed by atoms with E-state index in [1.54, 1.807) is 0 Å². The topological polar surface area (TPSA) is 87.3 Å². The van der Waals surface area contributed by atoms with Crippen molar-refractivity contribution in [1.82, 2.24) is 0 Å². The highest BCUT2D eigenvalue weighted by atomic mass is 16.5. The number of hydrogen-bond acceptors (Lipinski definition) is 4. The van der Waals surface area contributed by atoms with Gasteiger partial charge in [-0.1, -0.05) is 0 Å². The van der Waals surface area contributed by atoms with Gasteiger partial charge in [0.25, 0.3) is 0 Å². The summed E-state index contributed by atoms with van der Waals surface area (Å²) in [7, 11) is 0. The van der Waals surface area contributed by atoms with E-state index in [0.717, 1.165) is 0 Å². The molecule has 4 heteroatoms. The van der Waals surface area contributed by atoms with Gasteiger partial charge in [-0.25, -0.2) is 0 Å². The van der Waals surface area contributed by atoms with Crippen LogP contribution >= 0.6 is 0 Å². The lowest BCUT2D eigenvalue weighted by Crippen LogP contribution is -2.21. The Morgan fingerprint density at radius 2 is 1.67 bits per heavy atom. The molecule has 0 fully saturated rings. The lowest BCUT2D eigenvalue weighted by molar-refractivity contribution is 0.142. The molecule has 0 bridgehead atoms. The minimum absolute atomic E-state index is 0.0205. The fourth-order valence-corrected chi connectivity index (χ4v) is 0.322. The van der Waals surface area contributed by atoms with Crippen LogP contribution < -0.4 is 17.2 Å². The van der Waals surface area contributed by atoms with Crippen LogP contribution in [0.5, 0.6) is 0 Å². The fourth-order valence-electron chi connectivity index (χ4n) is 0.322. The highest BCUT2D eigenvalue weighted by molar-refractivity contribution is 4.94. The molecule has 0 radical (unpaired) electrons. The Labute approximate surface area is 54.6 Å². The van der Waals surface area contributed by atoms with Crippen molar-refractivity contribution in [3.63, 3.8) is 0 Å². The third-order valence-corrected chi connectivity index (χ3v) is 0.647. The zero-order chi connectivity index (χ0) is 7.44. The van der Waals surface area contributed by atoms with Gasteiger partial charge in [-0.05, 0) is 13.8 Å². The Morgan fingerprint density at radius 3 is 1.78 bits per heavy atom. The Kier molecular flexibility index (Phi) is 2.70. The van der Waals surface area contributed by atoms with Gasteiger partial charge in [0.05, 0.1) is 6.10 Å². The summed E-state index contributed by atoms with van der Waals surface area (Å²) in [5.74, 6) is 0.133. The van der Waals surface area contributed by atoms with E-state index >= 15 is 0 Å². The molecule has 0 aromatic rings. The molecule has 0 heterocycles. The number of nitrogens with two attached hydrogens (primary N) is 3. The van der Waals surface area contributed by atoms with Gasteiger partial charge in [-0.15, -0.1) is 0 Å². The van der Waals surface area contributed by atoms with E-state index in [2.05, 4.69) is 0 Å². The van der Waals surface area contributed by atoms with Crippen molar-refractivity contribution in [3.05, 3.63) is 11.7 Å². The first kappa shape index (κ1) is 7.94. The molecule has 6 N–H and O–H groups in total. The average molecular weight is 131 g/mol. The van der Waals surface area contributed by atoms with Gasteiger partial charge < -0.3 is 21.9 Å². The molecule has 0 aliphatic heterocycles. The van der Waals surface area contributed by atoms with E-state index in [0.29, 0.717) is 0 Å².